The van der Waals surface area contributed by atoms with E-state index in [1.807, 2.05) is 14.1 Å². The molecule has 0 unspecified atom stereocenters. The van der Waals surface area contributed by atoms with Crippen molar-refractivity contribution >= 4 is 0 Å². The molecule has 0 saturated carbocycles. The minimum Gasteiger partial charge on any atom is -0.331 e. The van der Waals surface area contributed by atoms with Gasteiger partial charge in [0.2, 0.25) is 0 Å². The molecular formula is C5H14N+. The molecule has 0 bridgehead atoms. The van der Waals surface area contributed by atoms with Gasteiger partial charge in [-0.3, -0.25) is 0 Å². The quantitative estimate of drug-likeness (QED) is 0.415. The van der Waals surface area contributed by atoms with Crippen molar-refractivity contribution in [3.8, 4) is 0 Å². The van der Waals surface area contributed by atoms with Crippen LogP contribution in [0.15, 0.2) is 0 Å². The van der Waals surface area contributed by atoms with Crippen LogP contribution in [-0.2, 0) is 0 Å². The molecule has 0 atom stereocenters. The topological polar surface area (TPSA) is 0 Å². The molecule has 0 aliphatic heterocycles. The Bertz CT molecular complexity index is 46.0. The molecule has 0 amide bonds. The lowest BCUT2D eigenvalue weighted by molar-refractivity contribution is -0.868. The van der Waals surface area contributed by atoms with Crippen LogP contribution in [0, 0.1) is 0 Å². The van der Waals surface area contributed by atoms with E-state index in [1.165, 1.54) is 0 Å². The monoisotopic (exact) mass is 89.1 g/mol. The van der Waals surface area contributed by atoms with Gasteiger partial charge < -0.3 is 4.48 Å². The van der Waals surface area contributed by atoms with Crippen LogP contribution >= 0.6 is 0 Å². The Morgan fingerprint density at radius 3 is 2.17 bits per heavy atom. The van der Waals surface area contributed by atoms with E-state index < -0.39 is 0 Å². The van der Waals surface area contributed by atoms with Crippen LogP contribution in [0.3, 0.4) is 0 Å². The minimum absolute atomic E-state index is 0.483. The molecule has 6 heavy (non-hydrogen) atoms. The van der Waals surface area contributed by atoms with Crippen molar-refractivity contribution in [3.63, 3.8) is 0 Å². The largest absolute Gasteiger partial charge is 0.331 e. The summed E-state index contributed by atoms with van der Waals surface area (Å²) in [5, 5.41) is 0. The lowest BCUT2D eigenvalue weighted by Crippen LogP contribution is -2.33. The number of hydrogen-bond acceptors (Lipinski definition) is 0. The summed E-state index contributed by atoms with van der Waals surface area (Å²) in [4.78, 5) is 0. The summed E-state index contributed by atoms with van der Waals surface area (Å²) >= 11 is 0. The first-order valence-electron chi connectivity index (χ1n) is 2.94. The van der Waals surface area contributed by atoms with Crippen LogP contribution in [0.2, 0.25) is 0 Å². The molecular weight excluding hydrogens is 74.1 g/mol. The minimum atomic E-state index is 0.483. The molecule has 0 aromatic rings. The van der Waals surface area contributed by atoms with Crippen molar-refractivity contribution in [2.45, 2.75) is 6.92 Å². The summed E-state index contributed by atoms with van der Waals surface area (Å²) in [6.07, 6.45) is 0. The molecule has 0 radical (unpaired) electrons. The van der Waals surface area contributed by atoms with Crippen molar-refractivity contribution < 1.29 is 5.85 Å². The number of rotatable bonds is 1. The Hall–Kier alpha value is -0.0400. The Labute approximate surface area is 41.6 Å². The zero-order chi connectivity index (χ0) is 5.91. The lowest BCUT2D eigenvalue weighted by atomic mass is 10.6. The first-order valence-corrected chi connectivity index (χ1v) is 2.23. The lowest BCUT2D eigenvalue weighted by Gasteiger charge is -2.20. The molecule has 0 spiro atoms. The zero-order valence-electron chi connectivity index (χ0n) is 5.86. The van der Waals surface area contributed by atoms with Crippen LogP contribution in [0.1, 0.15) is 8.29 Å². The van der Waals surface area contributed by atoms with Gasteiger partial charge in [0, 0.05) is 0 Å². The molecule has 1 heteroatoms. The Morgan fingerprint density at radius 1 is 1.67 bits per heavy atom. The summed E-state index contributed by atoms with van der Waals surface area (Å²) in [5.74, 6) is 0. The second-order valence-electron chi connectivity index (χ2n) is 2.25. The van der Waals surface area contributed by atoms with E-state index in [4.69, 9.17) is 1.37 Å². The third-order valence-electron chi connectivity index (χ3n) is 0.856. The van der Waals surface area contributed by atoms with E-state index >= 15 is 0 Å². The number of hydrogen-bond donors (Lipinski definition) is 0. The second kappa shape index (κ2) is 1.61. The Balaban J connectivity index is 3.36. The van der Waals surface area contributed by atoms with E-state index in [9.17, 15) is 0 Å². The maximum absolute atomic E-state index is 6.98. The van der Waals surface area contributed by atoms with Gasteiger partial charge in [0.1, 0.15) is 0 Å². The molecule has 0 N–H and O–H groups in total. The van der Waals surface area contributed by atoms with E-state index in [2.05, 4.69) is 6.92 Å². The molecule has 0 fully saturated rings. The average Bonchev–Trinajstić information content (AvgIpc) is 1.68. The van der Waals surface area contributed by atoms with Gasteiger partial charge in [-0.2, -0.15) is 0 Å². The van der Waals surface area contributed by atoms with Crippen molar-refractivity contribution in [2.24, 2.45) is 0 Å². The normalized spacial score (nSPS) is 14.2. The van der Waals surface area contributed by atoms with Crippen LogP contribution in [0.4, 0.5) is 0 Å². The zero-order valence-corrected chi connectivity index (χ0v) is 4.86. The third-order valence-corrected chi connectivity index (χ3v) is 0.856. The maximum atomic E-state index is 6.98. The molecule has 38 valence electrons. The van der Waals surface area contributed by atoms with Gasteiger partial charge in [0.05, 0.1) is 29.0 Å². The van der Waals surface area contributed by atoms with Crippen molar-refractivity contribution in [3.05, 3.63) is 0 Å². The standard InChI is InChI=1S/C5H14N/c1-5-6(2,3)4/h5H2,1-4H3/q+1/i2D. The molecule has 0 aromatic carbocycles. The molecule has 0 heterocycles. The molecule has 1 nitrogen and oxygen atoms in total. The number of nitrogens with zero attached hydrogens (tertiary/aromatic N) is 1. The fourth-order valence-electron chi connectivity index (χ4n) is 0. The van der Waals surface area contributed by atoms with Gasteiger partial charge in [0.25, 0.3) is 0 Å². The highest BCUT2D eigenvalue weighted by molar-refractivity contribution is 4.06. The first-order chi connectivity index (χ1) is 3.12. The van der Waals surface area contributed by atoms with Crippen molar-refractivity contribution in [2.75, 3.05) is 27.7 Å². The summed E-state index contributed by atoms with van der Waals surface area (Å²) < 4.78 is 7.78. The molecule has 0 aromatic heterocycles. The summed E-state index contributed by atoms with van der Waals surface area (Å²) in [7, 11) is 4.58. The SMILES string of the molecule is [2H]C[N+](C)(C)CC. The predicted molar refractivity (Wildman–Crippen MR) is 28.6 cm³/mol. The van der Waals surface area contributed by atoms with Crippen molar-refractivity contribution in [1.29, 1.82) is 0 Å². The molecule has 0 aliphatic rings. The summed E-state index contributed by atoms with van der Waals surface area (Å²) in [5.41, 5.74) is 0. The van der Waals surface area contributed by atoms with Gasteiger partial charge in [0.15, 0.2) is 0 Å². The van der Waals surface area contributed by atoms with Gasteiger partial charge in [-0.15, -0.1) is 0 Å². The third kappa shape index (κ3) is 3.96. The predicted octanol–water partition coefficient (Wildman–Crippen LogP) is 0.713. The fraction of sp³-hybridized carbons (Fsp3) is 1.00. The highest BCUT2D eigenvalue weighted by Crippen LogP contribution is 1.83. The van der Waals surface area contributed by atoms with E-state index in [0.29, 0.717) is 7.02 Å². The molecule has 0 rings (SSSR count). The number of quaternary nitrogens is 1. The van der Waals surface area contributed by atoms with Gasteiger partial charge in [-0.25, -0.2) is 0 Å². The van der Waals surface area contributed by atoms with Crippen LogP contribution in [0.25, 0.3) is 0 Å². The van der Waals surface area contributed by atoms with Crippen LogP contribution in [-0.4, -0.2) is 32.1 Å². The van der Waals surface area contributed by atoms with Gasteiger partial charge >= 0.3 is 0 Å². The van der Waals surface area contributed by atoms with Crippen molar-refractivity contribution in [1.82, 2.24) is 0 Å². The highest BCUT2D eigenvalue weighted by atomic mass is 15.3. The summed E-state index contributed by atoms with van der Waals surface area (Å²) in [6, 6.07) is 0. The maximum Gasteiger partial charge on any atom is 0.0886 e. The first kappa shape index (κ1) is 4.13. The van der Waals surface area contributed by atoms with Crippen LogP contribution in [0.5, 0.6) is 0 Å². The van der Waals surface area contributed by atoms with E-state index in [1.54, 1.807) is 0 Å². The smallest absolute Gasteiger partial charge is 0.0886 e. The summed E-state index contributed by atoms with van der Waals surface area (Å²) in [6.45, 7) is 3.14. The fourth-order valence-corrected chi connectivity index (χ4v) is 0. The van der Waals surface area contributed by atoms with Gasteiger partial charge in [-0.05, 0) is 6.92 Å². The Kier molecular flexibility index (Phi) is 1.10. The van der Waals surface area contributed by atoms with E-state index in [-0.39, 0.29) is 0 Å². The molecule has 0 saturated heterocycles. The average molecular weight is 89.2 g/mol. The second-order valence-corrected chi connectivity index (χ2v) is 2.25. The van der Waals surface area contributed by atoms with Gasteiger partial charge in [-0.1, -0.05) is 0 Å². The van der Waals surface area contributed by atoms with E-state index in [0.717, 1.165) is 11.0 Å². The van der Waals surface area contributed by atoms with Crippen LogP contribution < -0.4 is 0 Å². The Morgan fingerprint density at radius 2 is 2.17 bits per heavy atom. The molecule has 0 aliphatic carbocycles. The highest BCUT2D eigenvalue weighted by Gasteiger charge is 1.97.